The molecule has 0 unspecified atom stereocenters. The maximum atomic E-state index is 6.08. The van der Waals surface area contributed by atoms with Crippen LogP contribution in [0.3, 0.4) is 0 Å². The van der Waals surface area contributed by atoms with Crippen molar-refractivity contribution >= 4 is 23.1 Å². The standard InChI is InChI=1S/C14H13ClN4/c1-9-13(16)19-11(7-10-5-3-2-4-6-10)8-17-12(15)14(19)18-9/h2-6,8H,7,16H2,1H3. The van der Waals surface area contributed by atoms with Crippen LogP contribution in [0.1, 0.15) is 17.0 Å². The SMILES string of the molecule is Cc1nc2c(Cl)ncc(Cc3ccccc3)n2c1N. The van der Waals surface area contributed by atoms with Crippen LogP contribution < -0.4 is 5.73 Å². The average molecular weight is 273 g/mol. The molecule has 3 rings (SSSR count). The fourth-order valence-corrected chi connectivity index (χ4v) is 2.32. The van der Waals surface area contributed by atoms with Crippen molar-refractivity contribution in [3.63, 3.8) is 0 Å². The van der Waals surface area contributed by atoms with Gasteiger partial charge in [0.15, 0.2) is 10.8 Å². The van der Waals surface area contributed by atoms with Gasteiger partial charge in [0.2, 0.25) is 0 Å². The lowest BCUT2D eigenvalue weighted by molar-refractivity contribution is 0.984. The third-order valence-electron chi connectivity index (χ3n) is 3.12. The second kappa shape index (κ2) is 4.55. The Morgan fingerprint density at radius 2 is 2.00 bits per heavy atom. The molecule has 4 nitrogen and oxygen atoms in total. The zero-order valence-electron chi connectivity index (χ0n) is 10.5. The van der Waals surface area contributed by atoms with E-state index in [2.05, 4.69) is 22.1 Å². The Balaban J connectivity index is 2.17. The molecule has 1 aromatic carbocycles. The first-order valence-corrected chi connectivity index (χ1v) is 6.36. The molecule has 0 radical (unpaired) electrons. The number of imidazole rings is 1. The van der Waals surface area contributed by atoms with Crippen molar-refractivity contribution in [3.8, 4) is 0 Å². The van der Waals surface area contributed by atoms with Gasteiger partial charge in [-0.25, -0.2) is 9.97 Å². The topological polar surface area (TPSA) is 56.2 Å². The Morgan fingerprint density at radius 3 is 2.74 bits per heavy atom. The van der Waals surface area contributed by atoms with E-state index >= 15 is 0 Å². The highest BCUT2D eigenvalue weighted by molar-refractivity contribution is 6.32. The number of benzene rings is 1. The lowest BCUT2D eigenvalue weighted by Crippen LogP contribution is -2.03. The van der Waals surface area contributed by atoms with E-state index in [-0.39, 0.29) is 0 Å². The number of aryl methyl sites for hydroxylation is 1. The van der Waals surface area contributed by atoms with Crippen molar-refractivity contribution in [2.75, 3.05) is 5.73 Å². The number of rotatable bonds is 2. The van der Waals surface area contributed by atoms with Gasteiger partial charge in [-0.3, -0.25) is 4.40 Å². The molecule has 2 aromatic heterocycles. The molecule has 5 heteroatoms. The van der Waals surface area contributed by atoms with Crippen LogP contribution >= 0.6 is 11.6 Å². The molecule has 3 aromatic rings. The second-order valence-electron chi connectivity index (χ2n) is 4.44. The van der Waals surface area contributed by atoms with Crippen LogP contribution in [0, 0.1) is 6.92 Å². The fraction of sp³-hybridized carbons (Fsp3) is 0.143. The molecule has 0 aliphatic carbocycles. The monoisotopic (exact) mass is 272 g/mol. The van der Waals surface area contributed by atoms with Crippen LogP contribution in [-0.4, -0.2) is 14.4 Å². The Kier molecular flexibility index (Phi) is 2.87. The molecule has 0 bridgehead atoms. The summed E-state index contributed by atoms with van der Waals surface area (Å²) in [5, 5.41) is 0.372. The van der Waals surface area contributed by atoms with Crippen molar-refractivity contribution in [2.24, 2.45) is 0 Å². The maximum Gasteiger partial charge on any atom is 0.177 e. The average Bonchev–Trinajstić information content (AvgIpc) is 2.72. The van der Waals surface area contributed by atoms with Gasteiger partial charge in [0.05, 0.1) is 5.69 Å². The van der Waals surface area contributed by atoms with Crippen LogP contribution in [0.15, 0.2) is 36.5 Å². The predicted molar refractivity (Wildman–Crippen MR) is 76.4 cm³/mol. The highest BCUT2D eigenvalue weighted by Crippen LogP contribution is 2.23. The molecule has 0 aliphatic heterocycles. The summed E-state index contributed by atoms with van der Waals surface area (Å²) in [5.41, 5.74) is 9.63. The number of aromatic nitrogens is 3. The summed E-state index contributed by atoms with van der Waals surface area (Å²) < 4.78 is 1.87. The number of anilines is 1. The summed E-state index contributed by atoms with van der Waals surface area (Å²) in [7, 11) is 0. The van der Waals surface area contributed by atoms with E-state index in [9.17, 15) is 0 Å². The van der Waals surface area contributed by atoms with Crippen LogP contribution in [0.4, 0.5) is 5.82 Å². The molecule has 0 fully saturated rings. The van der Waals surface area contributed by atoms with Crippen molar-refractivity contribution in [3.05, 3.63) is 58.6 Å². The maximum absolute atomic E-state index is 6.08. The van der Waals surface area contributed by atoms with Crippen LogP contribution in [-0.2, 0) is 6.42 Å². The normalized spacial score (nSPS) is 11.1. The van der Waals surface area contributed by atoms with Crippen molar-refractivity contribution in [2.45, 2.75) is 13.3 Å². The molecule has 0 atom stereocenters. The van der Waals surface area contributed by atoms with Gasteiger partial charge in [-0.15, -0.1) is 0 Å². The highest BCUT2D eigenvalue weighted by Gasteiger charge is 2.13. The highest BCUT2D eigenvalue weighted by atomic mass is 35.5. The number of fused-ring (bicyclic) bond motifs is 1. The second-order valence-corrected chi connectivity index (χ2v) is 4.80. The Morgan fingerprint density at radius 1 is 1.26 bits per heavy atom. The van der Waals surface area contributed by atoms with Crippen molar-refractivity contribution < 1.29 is 0 Å². The van der Waals surface area contributed by atoms with Crippen LogP contribution in [0.25, 0.3) is 5.65 Å². The zero-order valence-corrected chi connectivity index (χ0v) is 11.2. The summed E-state index contributed by atoms with van der Waals surface area (Å²) in [4.78, 5) is 8.54. The number of hydrogen-bond donors (Lipinski definition) is 1. The zero-order chi connectivity index (χ0) is 13.4. The molecule has 0 aliphatic rings. The van der Waals surface area contributed by atoms with Gasteiger partial charge in [-0.05, 0) is 12.5 Å². The van der Waals surface area contributed by atoms with Gasteiger partial charge in [0.1, 0.15) is 5.82 Å². The largest absolute Gasteiger partial charge is 0.383 e. The number of halogens is 1. The fourth-order valence-electron chi connectivity index (χ4n) is 2.15. The van der Waals surface area contributed by atoms with Crippen molar-refractivity contribution in [1.82, 2.24) is 14.4 Å². The van der Waals surface area contributed by atoms with Crippen LogP contribution in [0.5, 0.6) is 0 Å². The van der Waals surface area contributed by atoms with Gasteiger partial charge in [-0.1, -0.05) is 41.9 Å². The van der Waals surface area contributed by atoms with Crippen LogP contribution in [0.2, 0.25) is 5.15 Å². The van der Waals surface area contributed by atoms with E-state index in [1.54, 1.807) is 6.20 Å². The van der Waals surface area contributed by atoms with Gasteiger partial charge < -0.3 is 5.73 Å². The molecule has 0 saturated heterocycles. The van der Waals surface area contributed by atoms with E-state index < -0.39 is 0 Å². The Hall–Kier alpha value is -2.07. The molecular formula is C14H13ClN4. The molecule has 0 spiro atoms. The molecular weight excluding hydrogens is 260 g/mol. The van der Waals surface area contributed by atoms with E-state index in [1.165, 1.54) is 5.56 Å². The number of nitrogens with zero attached hydrogens (tertiary/aromatic N) is 3. The van der Waals surface area contributed by atoms with E-state index in [4.69, 9.17) is 17.3 Å². The third kappa shape index (κ3) is 2.04. The smallest absolute Gasteiger partial charge is 0.177 e. The number of nitrogen functional groups attached to an aromatic ring is 1. The molecule has 0 saturated carbocycles. The summed E-state index contributed by atoms with van der Waals surface area (Å²) in [6.07, 6.45) is 2.49. The molecule has 96 valence electrons. The molecule has 19 heavy (non-hydrogen) atoms. The summed E-state index contributed by atoms with van der Waals surface area (Å²) in [5.74, 6) is 0.616. The van der Waals surface area contributed by atoms with E-state index in [1.807, 2.05) is 29.5 Å². The first-order valence-electron chi connectivity index (χ1n) is 5.98. The minimum absolute atomic E-state index is 0.372. The molecule has 0 amide bonds. The van der Waals surface area contributed by atoms with Gasteiger partial charge in [0.25, 0.3) is 0 Å². The number of nitrogens with two attached hydrogens (primary N) is 1. The van der Waals surface area contributed by atoms with Gasteiger partial charge >= 0.3 is 0 Å². The third-order valence-corrected chi connectivity index (χ3v) is 3.39. The Bertz CT molecular complexity index is 734. The lowest BCUT2D eigenvalue weighted by atomic mass is 10.1. The van der Waals surface area contributed by atoms with E-state index in [0.717, 1.165) is 17.8 Å². The van der Waals surface area contributed by atoms with E-state index in [0.29, 0.717) is 16.6 Å². The first-order chi connectivity index (χ1) is 9.16. The molecule has 2 N–H and O–H groups in total. The molecule has 2 heterocycles. The summed E-state index contributed by atoms with van der Waals surface area (Å²) >= 11 is 6.07. The first kappa shape index (κ1) is 12.0. The quantitative estimate of drug-likeness (QED) is 0.780. The summed E-state index contributed by atoms with van der Waals surface area (Å²) in [6.45, 7) is 1.87. The van der Waals surface area contributed by atoms with Gasteiger partial charge in [0, 0.05) is 18.3 Å². The summed E-state index contributed by atoms with van der Waals surface area (Å²) in [6, 6.07) is 10.2. The predicted octanol–water partition coefficient (Wildman–Crippen LogP) is 2.86. The van der Waals surface area contributed by atoms with Crippen molar-refractivity contribution in [1.29, 1.82) is 0 Å². The lowest BCUT2D eigenvalue weighted by Gasteiger charge is -2.07. The van der Waals surface area contributed by atoms with Gasteiger partial charge in [-0.2, -0.15) is 0 Å². The minimum Gasteiger partial charge on any atom is -0.383 e. The minimum atomic E-state index is 0.372. The Labute approximate surface area is 115 Å². The number of hydrogen-bond acceptors (Lipinski definition) is 3.